The van der Waals surface area contributed by atoms with Crippen LogP contribution in [0, 0.1) is 16.7 Å². The fraction of sp³-hybridized carbons (Fsp3) is 0.235. The van der Waals surface area contributed by atoms with Gasteiger partial charge in [-0.1, -0.05) is 26.0 Å². The van der Waals surface area contributed by atoms with Gasteiger partial charge in [-0.3, -0.25) is 4.57 Å². The van der Waals surface area contributed by atoms with Crippen LogP contribution in [0.4, 0.5) is 0 Å². The molecule has 0 amide bonds. The van der Waals surface area contributed by atoms with Crippen molar-refractivity contribution in [1.29, 1.82) is 5.26 Å². The van der Waals surface area contributed by atoms with E-state index in [1.165, 1.54) is 6.20 Å². The smallest absolute Gasteiger partial charge is 0.268 e. The summed E-state index contributed by atoms with van der Waals surface area (Å²) in [6, 6.07) is 9.53. The fourth-order valence-electron chi connectivity index (χ4n) is 2.77. The standard InChI is InChI=1S/C17H15N3O/c1-17(2)9-13-5-4-12(11-18)8-14(13)15(10-17)20-7-3-6-19-16(20)21/h3-8,10H,9H2,1-2H3. The summed E-state index contributed by atoms with van der Waals surface area (Å²) in [6.07, 6.45) is 6.16. The van der Waals surface area contributed by atoms with Crippen LogP contribution in [0.25, 0.3) is 5.70 Å². The van der Waals surface area contributed by atoms with Crippen LogP contribution in [0.5, 0.6) is 0 Å². The Kier molecular flexibility index (Phi) is 2.99. The molecule has 2 aromatic rings. The summed E-state index contributed by atoms with van der Waals surface area (Å²) in [4.78, 5) is 15.9. The van der Waals surface area contributed by atoms with Crippen molar-refractivity contribution in [2.45, 2.75) is 20.3 Å². The Balaban J connectivity index is 2.29. The zero-order valence-corrected chi connectivity index (χ0v) is 12.0. The number of fused-ring (bicyclic) bond motifs is 1. The van der Waals surface area contributed by atoms with E-state index in [0.717, 1.165) is 23.2 Å². The van der Waals surface area contributed by atoms with Crippen molar-refractivity contribution in [1.82, 2.24) is 9.55 Å². The van der Waals surface area contributed by atoms with Gasteiger partial charge in [-0.05, 0) is 35.6 Å². The minimum absolute atomic E-state index is 0.0498. The number of allylic oxidation sites excluding steroid dienone is 1. The number of benzene rings is 1. The maximum Gasteiger partial charge on any atom is 0.352 e. The van der Waals surface area contributed by atoms with Crippen molar-refractivity contribution >= 4 is 5.70 Å². The molecule has 1 aromatic heterocycles. The van der Waals surface area contributed by atoms with Gasteiger partial charge < -0.3 is 0 Å². The van der Waals surface area contributed by atoms with Crippen molar-refractivity contribution in [3.63, 3.8) is 0 Å². The van der Waals surface area contributed by atoms with Gasteiger partial charge in [-0.2, -0.15) is 5.26 Å². The predicted molar refractivity (Wildman–Crippen MR) is 80.5 cm³/mol. The average molecular weight is 277 g/mol. The Morgan fingerprint density at radius 2 is 2.19 bits per heavy atom. The fourth-order valence-corrected chi connectivity index (χ4v) is 2.77. The first-order chi connectivity index (χ1) is 10.00. The predicted octanol–water partition coefficient (Wildman–Crippen LogP) is 2.59. The molecule has 21 heavy (non-hydrogen) atoms. The van der Waals surface area contributed by atoms with Crippen LogP contribution in [-0.2, 0) is 6.42 Å². The van der Waals surface area contributed by atoms with E-state index in [9.17, 15) is 4.79 Å². The summed E-state index contributed by atoms with van der Waals surface area (Å²) in [5.74, 6) is 0. The van der Waals surface area contributed by atoms with Gasteiger partial charge in [0.05, 0.1) is 17.3 Å². The Hall–Kier alpha value is -2.67. The number of hydrogen-bond acceptors (Lipinski definition) is 3. The minimum atomic E-state index is -0.310. The summed E-state index contributed by atoms with van der Waals surface area (Å²) < 4.78 is 1.54. The monoisotopic (exact) mass is 277 g/mol. The lowest BCUT2D eigenvalue weighted by molar-refractivity contribution is 0.470. The molecule has 0 atom stereocenters. The third-order valence-electron chi connectivity index (χ3n) is 3.66. The van der Waals surface area contributed by atoms with Gasteiger partial charge in [0, 0.05) is 18.0 Å². The Labute approximate surface area is 123 Å². The molecule has 1 aromatic carbocycles. The quantitative estimate of drug-likeness (QED) is 0.805. The van der Waals surface area contributed by atoms with Crippen LogP contribution < -0.4 is 5.69 Å². The molecular weight excluding hydrogens is 262 g/mol. The minimum Gasteiger partial charge on any atom is -0.268 e. The van der Waals surface area contributed by atoms with Gasteiger partial charge in [0.1, 0.15) is 0 Å². The molecule has 0 aliphatic heterocycles. The molecule has 1 heterocycles. The molecule has 3 rings (SSSR count). The topological polar surface area (TPSA) is 58.7 Å². The molecule has 0 saturated carbocycles. The van der Waals surface area contributed by atoms with Gasteiger partial charge >= 0.3 is 5.69 Å². The molecule has 104 valence electrons. The van der Waals surface area contributed by atoms with E-state index in [1.807, 2.05) is 18.2 Å². The van der Waals surface area contributed by atoms with E-state index >= 15 is 0 Å². The SMILES string of the molecule is CC1(C)C=C(n2cccnc2=O)c2cc(C#N)ccc2C1. The summed E-state index contributed by atoms with van der Waals surface area (Å²) in [6.45, 7) is 4.27. The molecule has 0 saturated heterocycles. The van der Waals surface area contributed by atoms with Gasteiger partial charge in [-0.25, -0.2) is 9.78 Å². The van der Waals surface area contributed by atoms with Gasteiger partial charge in [0.2, 0.25) is 0 Å². The van der Waals surface area contributed by atoms with Gasteiger partial charge in [-0.15, -0.1) is 0 Å². The second-order valence-corrected chi connectivity index (χ2v) is 5.95. The molecule has 4 heteroatoms. The normalized spacial score (nSPS) is 15.8. The Morgan fingerprint density at radius 1 is 1.38 bits per heavy atom. The van der Waals surface area contributed by atoms with Crippen molar-refractivity contribution in [2.24, 2.45) is 5.41 Å². The lowest BCUT2D eigenvalue weighted by Gasteiger charge is -2.30. The summed E-state index contributed by atoms with van der Waals surface area (Å²) in [5.41, 5.74) is 3.12. The molecule has 0 N–H and O–H groups in total. The highest BCUT2D eigenvalue weighted by Gasteiger charge is 2.26. The van der Waals surface area contributed by atoms with Crippen molar-refractivity contribution in [3.8, 4) is 6.07 Å². The number of hydrogen-bond donors (Lipinski definition) is 0. The van der Waals surface area contributed by atoms with E-state index in [0.29, 0.717) is 5.56 Å². The van der Waals surface area contributed by atoms with E-state index in [-0.39, 0.29) is 11.1 Å². The molecule has 0 unspecified atom stereocenters. The van der Waals surface area contributed by atoms with Crippen LogP contribution in [0.2, 0.25) is 0 Å². The molecular formula is C17H15N3O. The zero-order valence-electron chi connectivity index (χ0n) is 12.0. The van der Waals surface area contributed by atoms with Crippen LogP contribution >= 0.6 is 0 Å². The average Bonchev–Trinajstić information content (AvgIpc) is 2.46. The van der Waals surface area contributed by atoms with Crippen molar-refractivity contribution in [3.05, 3.63) is 69.9 Å². The van der Waals surface area contributed by atoms with Crippen molar-refractivity contribution in [2.75, 3.05) is 0 Å². The first kappa shape index (κ1) is 13.3. The summed E-state index contributed by atoms with van der Waals surface area (Å²) in [5, 5.41) is 9.10. The number of nitriles is 1. The highest BCUT2D eigenvalue weighted by atomic mass is 16.1. The van der Waals surface area contributed by atoms with Crippen molar-refractivity contribution < 1.29 is 0 Å². The maximum atomic E-state index is 12.0. The van der Waals surface area contributed by atoms with Gasteiger partial charge in [0.15, 0.2) is 0 Å². The molecule has 0 spiro atoms. The number of aromatic nitrogens is 2. The third kappa shape index (κ3) is 2.38. The maximum absolute atomic E-state index is 12.0. The van der Waals surface area contributed by atoms with Crippen LogP contribution in [0.3, 0.4) is 0 Å². The van der Waals surface area contributed by atoms with Crippen LogP contribution in [0.15, 0.2) is 47.5 Å². The van der Waals surface area contributed by atoms with Crippen LogP contribution in [-0.4, -0.2) is 9.55 Å². The third-order valence-corrected chi connectivity index (χ3v) is 3.66. The zero-order chi connectivity index (χ0) is 15.0. The molecule has 1 aliphatic carbocycles. The highest BCUT2D eigenvalue weighted by molar-refractivity contribution is 5.72. The summed E-state index contributed by atoms with van der Waals surface area (Å²) in [7, 11) is 0. The second kappa shape index (κ2) is 4.71. The summed E-state index contributed by atoms with van der Waals surface area (Å²) >= 11 is 0. The van der Waals surface area contributed by atoms with Gasteiger partial charge in [0.25, 0.3) is 0 Å². The number of rotatable bonds is 1. The Bertz CT molecular complexity index is 838. The first-order valence-corrected chi connectivity index (χ1v) is 6.80. The van der Waals surface area contributed by atoms with E-state index in [4.69, 9.17) is 5.26 Å². The highest BCUT2D eigenvalue weighted by Crippen LogP contribution is 2.36. The molecule has 4 nitrogen and oxygen atoms in total. The molecule has 0 radical (unpaired) electrons. The lowest BCUT2D eigenvalue weighted by atomic mass is 9.77. The number of nitrogens with zero attached hydrogens (tertiary/aromatic N) is 3. The van der Waals surface area contributed by atoms with E-state index in [2.05, 4.69) is 31.0 Å². The molecule has 0 bridgehead atoms. The molecule has 0 fully saturated rings. The lowest BCUT2D eigenvalue weighted by Crippen LogP contribution is -2.27. The Morgan fingerprint density at radius 3 is 2.90 bits per heavy atom. The van der Waals surface area contributed by atoms with Crippen LogP contribution in [0.1, 0.15) is 30.5 Å². The van der Waals surface area contributed by atoms with E-state index in [1.54, 1.807) is 16.8 Å². The second-order valence-electron chi connectivity index (χ2n) is 5.95. The first-order valence-electron chi connectivity index (χ1n) is 6.80. The molecule has 1 aliphatic rings. The largest absolute Gasteiger partial charge is 0.352 e. The van der Waals surface area contributed by atoms with E-state index < -0.39 is 0 Å².